The lowest BCUT2D eigenvalue weighted by atomic mass is 10.1. The number of nitrogens with two attached hydrogens (primary N) is 1. The first-order valence-electron chi connectivity index (χ1n) is 5.24. The van der Waals surface area contributed by atoms with E-state index in [4.69, 9.17) is 5.73 Å². The van der Waals surface area contributed by atoms with Crippen LogP contribution >= 0.6 is 15.9 Å². The van der Waals surface area contributed by atoms with E-state index in [1.165, 1.54) is 0 Å². The van der Waals surface area contributed by atoms with Gasteiger partial charge in [-0.05, 0) is 46.6 Å². The van der Waals surface area contributed by atoms with Crippen LogP contribution in [-0.4, -0.2) is 9.97 Å². The number of pyridine rings is 2. The van der Waals surface area contributed by atoms with E-state index >= 15 is 0 Å². The summed E-state index contributed by atoms with van der Waals surface area (Å²) in [6.45, 7) is 2.07. The van der Waals surface area contributed by atoms with Crippen LogP contribution in [0.25, 0.3) is 0 Å². The maximum absolute atomic E-state index is 5.64. The average molecular weight is 293 g/mol. The first kappa shape index (κ1) is 11.9. The van der Waals surface area contributed by atoms with Gasteiger partial charge < -0.3 is 11.1 Å². The van der Waals surface area contributed by atoms with Crippen molar-refractivity contribution in [3.63, 3.8) is 0 Å². The van der Waals surface area contributed by atoms with Crippen molar-refractivity contribution in [1.29, 1.82) is 0 Å². The second kappa shape index (κ2) is 5.14. The molecular weight excluding hydrogens is 280 g/mol. The van der Waals surface area contributed by atoms with E-state index in [0.29, 0.717) is 5.69 Å². The molecule has 0 spiro atoms. The van der Waals surface area contributed by atoms with Crippen molar-refractivity contribution in [1.82, 2.24) is 9.97 Å². The highest BCUT2D eigenvalue weighted by Crippen LogP contribution is 2.25. The molecule has 0 fully saturated rings. The van der Waals surface area contributed by atoms with Crippen LogP contribution in [0.15, 0.2) is 41.3 Å². The molecule has 2 aromatic rings. The molecule has 4 nitrogen and oxygen atoms in total. The Morgan fingerprint density at radius 2 is 2.06 bits per heavy atom. The van der Waals surface area contributed by atoms with Gasteiger partial charge in [-0.2, -0.15) is 0 Å². The summed E-state index contributed by atoms with van der Waals surface area (Å²) in [5.74, 6) is 0.781. The van der Waals surface area contributed by atoms with Gasteiger partial charge in [-0.1, -0.05) is 0 Å². The Hall–Kier alpha value is -1.62. The Balaban J connectivity index is 2.16. The molecular formula is C12H13BrN4. The summed E-state index contributed by atoms with van der Waals surface area (Å²) < 4.78 is 0.860. The van der Waals surface area contributed by atoms with Crippen LogP contribution < -0.4 is 11.1 Å². The Morgan fingerprint density at radius 1 is 1.35 bits per heavy atom. The van der Waals surface area contributed by atoms with Gasteiger partial charge in [0.25, 0.3) is 0 Å². The minimum Gasteiger partial charge on any atom is -0.397 e. The molecule has 0 saturated carbocycles. The smallest absolute Gasteiger partial charge is 0.140 e. The third-order valence-electron chi connectivity index (χ3n) is 2.42. The van der Waals surface area contributed by atoms with E-state index in [1.807, 2.05) is 18.2 Å². The molecule has 88 valence electrons. The predicted octanol–water partition coefficient (Wildman–Crippen LogP) is 2.99. The van der Waals surface area contributed by atoms with Crippen LogP contribution in [0.3, 0.4) is 0 Å². The predicted molar refractivity (Wildman–Crippen MR) is 72.6 cm³/mol. The van der Waals surface area contributed by atoms with E-state index in [-0.39, 0.29) is 6.04 Å². The second-order valence-electron chi connectivity index (χ2n) is 3.75. The molecule has 0 aliphatic heterocycles. The zero-order valence-corrected chi connectivity index (χ0v) is 11.0. The molecule has 0 radical (unpaired) electrons. The van der Waals surface area contributed by atoms with Crippen LogP contribution in [0.4, 0.5) is 11.5 Å². The highest BCUT2D eigenvalue weighted by atomic mass is 79.9. The van der Waals surface area contributed by atoms with Crippen LogP contribution in [-0.2, 0) is 0 Å². The molecule has 0 aliphatic carbocycles. The number of halogens is 1. The molecule has 3 N–H and O–H groups in total. The average Bonchev–Trinajstić information content (AvgIpc) is 2.34. The largest absolute Gasteiger partial charge is 0.397 e. The first-order valence-corrected chi connectivity index (χ1v) is 6.03. The first-order chi connectivity index (χ1) is 8.16. The van der Waals surface area contributed by atoms with Crippen molar-refractivity contribution in [2.24, 2.45) is 0 Å². The Morgan fingerprint density at radius 3 is 2.71 bits per heavy atom. The molecule has 2 heterocycles. The normalized spacial score (nSPS) is 12.1. The van der Waals surface area contributed by atoms with Crippen molar-refractivity contribution in [2.45, 2.75) is 13.0 Å². The highest BCUT2D eigenvalue weighted by Gasteiger charge is 2.08. The molecule has 0 saturated heterocycles. The SMILES string of the molecule is CC(Nc1ncc(N)cc1Br)c1ccncc1. The highest BCUT2D eigenvalue weighted by molar-refractivity contribution is 9.10. The lowest BCUT2D eigenvalue weighted by Gasteiger charge is -2.15. The Bertz CT molecular complexity index is 501. The van der Waals surface area contributed by atoms with Gasteiger partial charge in [-0.3, -0.25) is 4.98 Å². The van der Waals surface area contributed by atoms with Crippen molar-refractivity contribution in [3.05, 3.63) is 46.8 Å². The number of nitrogens with one attached hydrogen (secondary N) is 1. The lowest BCUT2D eigenvalue weighted by molar-refractivity contribution is 0.869. The minimum absolute atomic E-state index is 0.158. The van der Waals surface area contributed by atoms with Gasteiger partial charge in [0.15, 0.2) is 0 Å². The number of nitrogen functional groups attached to an aromatic ring is 1. The monoisotopic (exact) mass is 292 g/mol. The molecule has 0 aliphatic rings. The molecule has 5 heteroatoms. The molecule has 0 aromatic carbocycles. The van der Waals surface area contributed by atoms with Crippen molar-refractivity contribution in [2.75, 3.05) is 11.1 Å². The molecule has 0 bridgehead atoms. The van der Waals surface area contributed by atoms with Gasteiger partial charge in [-0.15, -0.1) is 0 Å². The summed E-state index contributed by atoms with van der Waals surface area (Å²) in [7, 11) is 0. The van der Waals surface area contributed by atoms with Gasteiger partial charge in [0.2, 0.25) is 0 Å². The summed E-state index contributed by atoms with van der Waals surface area (Å²) in [6, 6.07) is 5.94. The molecule has 0 amide bonds. The van der Waals surface area contributed by atoms with E-state index in [0.717, 1.165) is 15.9 Å². The fourth-order valence-electron chi connectivity index (χ4n) is 1.50. The fraction of sp³-hybridized carbons (Fsp3) is 0.167. The van der Waals surface area contributed by atoms with Gasteiger partial charge in [0.1, 0.15) is 5.82 Å². The van der Waals surface area contributed by atoms with Gasteiger partial charge >= 0.3 is 0 Å². The van der Waals surface area contributed by atoms with Crippen molar-refractivity contribution in [3.8, 4) is 0 Å². The van der Waals surface area contributed by atoms with Gasteiger partial charge in [0.05, 0.1) is 22.4 Å². The lowest BCUT2D eigenvalue weighted by Crippen LogP contribution is -2.08. The molecule has 1 unspecified atom stereocenters. The van der Waals surface area contributed by atoms with Crippen LogP contribution in [0.5, 0.6) is 0 Å². The standard InChI is InChI=1S/C12H13BrN4/c1-8(9-2-4-15-5-3-9)17-12-11(13)6-10(14)7-16-12/h2-8H,14H2,1H3,(H,16,17). The zero-order valence-electron chi connectivity index (χ0n) is 9.39. The zero-order chi connectivity index (χ0) is 12.3. The van der Waals surface area contributed by atoms with Gasteiger partial charge in [-0.25, -0.2) is 4.98 Å². The third-order valence-corrected chi connectivity index (χ3v) is 3.03. The second-order valence-corrected chi connectivity index (χ2v) is 4.60. The molecule has 17 heavy (non-hydrogen) atoms. The van der Waals surface area contributed by atoms with E-state index in [9.17, 15) is 0 Å². The summed E-state index contributed by atoms with van der Waals surface area (Å²) in [5.41, 5.74) is 7.44. The maximum Gasteiger partial charge on any atom is 0.140 e. The van der Waals surface area contributed by atoms with Crippen LogP contribution in [0.1, 0.15) is 18.5 Å². The van der Waals surface area contributed by atoms with Crippen LogP contribution in [0, 0.1) is 0 Å². The Labute approximate surface area is 108 Å². The van der Waals surface area contributed by atoms with E-state index in [2.05, 4.69) is 38.1 Å². The number of hydrogen-bond donors (Lipinski definition) is 2. The number of aromatic nitrogens is 2. The number of nitrogens with zero attached hydrogens (tertiary/aromatic N) is 2. The quantitative estimate of drug-likeness (QED) is 0.913. The summed E-state index contributed by atoms with van der Waals surface area (Å²) in [4.78, 5) is 8.24. The van der Waals surface area contributed by atoms with Crippen LogP contribution in [0.2, 0.25) is 0 Å². The minimum atomic E-state index is 0.158. The molecule has 1 atom stereocenters. The Kier molecular flexibility index (Phi) is 3.58. The number of rotatable bonds is 3. The third kappa shape index (κ3) is 2.94. The van der Waals surface area contributed by atoms with E-state index in [1.54, 1.807) is 18.6 Å². The summed E-state index contributed by atoms with van der Waals surface area (Å²) >= 11 is 3.43. The van der Waals surface area contributed by atoms with Crippen molar-refractivity contribution >= 4 is 27.4 Å². The van der Waals surface area contributed by atoms with Gasteiger partial charge in [0, 0.05) is 12.4 Å². The topological polar surface area (TPSA) is 63.8 Å². The molecule has 2 rings (SSSR count). The maximum atomic E-state index is 5.64. The number of anilines is 2. The number of hydrogen-bond acceptors (Lipinski definition) is 4. The summed E-state index contributed by atoms with van der Waals surface area (Å²) in [6.07, 6.45) is 5.18. The molecule has 2 aromatic heterocycles. The van der Waals surface area contributed by atoms with Crippen molar-refractivity contribution < 1.29 is 0 Å². The van der Waals surface area contributed by atoms with E-state index < -0.39 is 0 Å². The summed E-state index contributed by atoms with van der Waals surface area (Å²) in [5, 5.41) is 3.31. The fourth-order valence-corrected chi connectivity index (χ4v) is 1.98.